The highest BCUT2D eigenvalue weighted by Gasteiger charge is 2.21. The summed E-state index contributed by atoms with van der Waals surface area (Å²) in [4.78, 5) is 0. The lowest BCUT2D eigenvalue weighted by Gasteiger charge is -2.02. The summed E-state index contributed by atoms with van der Waals surface area (Å²) in [6.45, 7) is 5.15. The summed E-state index contributed by atoms with van der Waals surface area (Å²) in [6, 6.07) is 0. The van der Waals surface area contributed by atoms with Crippen LogP contribution >= 0.6 is 0 Å². The van der Waals surface area contributed by atoms with Crippen LogP contribution in [0, 0.1) is 0 Å². The molecule has 0 atom stereocenters. The smallest absolute Gasteiger partial charge is 0.210 e. The van der Waals surface area contributed by atoms with E-state index >= 15 is 0 Å². The minimum Gasteiger partial charge on any atom is -0.210 e. The number of nitrogens with zero attached hydrogens (tertiary/aromatic N) is 1. The van der Waals surface area contributed by atoms with Crippen LogP contribution in [0.2, 0.25) is 0 Å². The molecule has 5 nitrogen and oxygen atoms in total. The first kappa shape index (κ1) is 14.6. The zero-order chi connectivity index (χ0) is 11.9. The fraction of sp³-hybridized carbons (Fsp3) is 0.750. The third kappa shape index (κ3) is 7.52. The van der Waals surface area contributed by atoms with Gasteiger partial charge >= 0.3 is 0 Å². The predicted octanol–water partition coefficient (Wildman–Crippen LogP) is 0.627. The molecule has 0 aromatic rings. The van der Waals surface area contributed by atoms with Gasteiger partial charge in [-0.15, -0.1) is 6.58 Å². The van der Waals surface area contributed by atoms with Crippen molar-refractivity contribution in [2.24, 2.45) is 0 Å². The third-order valence-electron chi connectivity index (χ3n) is 1.56. The molecule has 0 aromatic carbocycles. The van der Waals surface area contributed by atoms with Gasteiger partial charge in [-0.05, 0) is 6.42 Å². The fourth-order valence-corrected chi connectivity index (χ4v) is 3.72. The highest BCUT2D eigenvalue weighted by Crippen LogP contribution is 2.01. The standard InChI is InChI=1S/C8H16NO4S2/c1-3-5-6-8-15(12,13)9-14(10,11)7-4-2/h4H,2-3,5-8H2,1H3. The van der Waals surface area contributed by atoms with Gasteiger partial charge in [0.15, 0.2) is 0 Å². The van der Waals surface area contributed by atoms with Crippen molar-refractivity contribution in [1.29, 1.82) is 0 Å². The summed E-state index contributed by atoms with van der Waals surface area (Å²) < 4.78 is 47.4. The Morgan fingerprint density at radius 3 is 2.20 bits per heavy atom. The summed E-state index contributed by atoms with van der Waals surface area (Å²) >= 11 is 0. The van der Waals surface area contributed by atoms with Gasteiger partial charge in [0.1, 0.15) is 0 Å². The molecule has 0 spiro atoms. The van der Waals surface area contributed by atoms with E-state index in [4.69, 9.17) is 0 Å². The van der Waals surface area contributed by atoms with Crippen LogP contribution in [0.15, 0.2) is 12.7 Å². The summed E-state index contributed by atoms with van der Waals surface area (Å²) in [7, 11) is -7.75. The summed E-state index contributed by atoms with van der Waals surface area (Å²) in [5.74, 6) is -0.656. The molecule has 0 amide bonds. The molecule has 0 saturated carbocycles. The average Bonchev–Trinajstić information content (AvgIpc) is 2.01. The molecule has 89 valence electrons. The molecular weight excluding hydrogens is 238 g/mol. The van der Waals surface area contributed by atoms with Crippen LogP contribution in [0.3, 0.4) is 0 Å². The SMILES string of the molecule is C=CCS(=O)(=O)[N]S(=O)(=O)CCCCC. The van der Waals surface area contributed by atoms with Gasteiger partial charge in [-0.25, -0.2) is 16.8 Å². The number of hydrogen-bond donors (Lipinski definition) is 0. The lowest BCUT2D eigenvalue weighted by molar-refractivity contribution is 0.574. The number of hydrogen-bond acceptors (Lipinski definition) is 4. The van der Waals surface area contributed by atoms with Crippen molar-refractivity contribution in [3.05, 3.63) is 12.7 Å². The van der Waals surface area contributed by atoms with Crippen molar-refractivity contribution in [3.8, 4) is 0 Å². The van der Waals surface area contributed by atoms with Gasteiger partial charge in [0.25, 0.3) is 0 Å². The molecule has 0 heterocycles. The lowest BCUT2D eigenvalue weighted by atomic mass is 10.3. The number of unbranched alkanes of at least 4 members (excludes halogenated alkanes) is 2. The van der Waals surface area contributed by atoms with E-state index in [1.807, 2.05) is 6.92 Å². The molecule has 7 heteroatoms. The number of sulfonamides is 2. The minimum atomic E-state index is -3.91. The average molecular weight is 254 g/mol. The minimum absolute atomic E-state index is 0.211. The Balaban J connectivity index is 4.32. The van der Waals surface area contributed by atoms with Crippen LogP contribution in [0.5, 0.6) is 0 Å². The Labute approximate surface area is 91.7 Å². The van der Waals surface area contributed by atoms with E-state index in [0.29, 0.717) is 6.42 Å². The van der Waals surface area contributed by atoms with Crippen LogP contribution in [0.1, 0.15) is 26.2 Å². The Kier molecular flexibility index (Phi) is 6.07. The predicted molar refractivity (Wildman–Crippen MR) is 59.4 cm³/mol. The first-order valence-corrected chi connectivity index (χ1v) is 7.85. The first-order valence-electron chi connectivity index (χ1n) is 4.63. The fourth-order valence-electron chi connectivity index (χ4n) is 0.924. The van der Waals surface area contributed by atoms with E-state index in [-0.39, 0.29) is 5.75 Å². The summed E-state index contributed by atoms with van der Waals surface area (Å²) in [5, 5.41) is 0. The Morgan fingerprint density at radius 1 is 1.13 bits per heavy atom. The van der Waals surface area contributed by atoms with Gasteiger partial charge in [0.05, 0.1) is 11.5 Å². The maximum absolute atomic E-state index is 11.2. The van der Waals surface area contributed by atoms with Crippen molar-refractivity contribution in [3.63, 3.8) is 0 Å². The number of rotatable bonds is 8. The van der Waals surface area contributed by atoms with Gasteiger partial charge in [-0.3, -0.25) is 0 Å². The van der Waals surface area contributed by atoms with E-state index < -0.39 is 25.8 Å². The second-order valence-electron chi connectivity index (χ2n) is 3.10. The van der Waals surface area contributed by atoms with Crippen LogP contribution in [-0.4, -0.2) is 28.3 Å². The monoisotopic (exact) mass is 254 g/mol. The molecular formula is C8H16NO4S2. The molecule has 0 aliphatic heterocycles. The van der Waals surface area contributed by atoms with E-state index in [1.54, 1.807) is 0 Å². The van der Waals surface area contributed by atoms with Crippen molar-refractivity contribution < 1.29 is 16.8 Å². The lowest BCUT2D eigenvalue weighted by Crippen LogP contribution is -2.27. The van der Waals surface area contributed by atoms with Gasteiger partial charge in [-0.1, -0.05) is 25.8 Å². The molecule has 0 rings (SSSR count). The Morgan fingerprint density at radius 2 is 1.73 bits per heavy atom. The van der Waals surface area contributed by atoms with Crippen molar-refractivity contribution >= 4 is 20.0 Å². The largest absolute Gasteiger partial charge is 0.246 e. The maximum Gasteiger partial charge on any atom is 0.246 e. The molecule has 0 aliphatic carbocycles. The van der Waals surface area contributed by atoms with E-state index in [9.17, 15) is 16.8 Å². The van der Waals surface area contributed by atoms with Crippen molar-refractivity contribution in [2.75, 3.05) is 11.5 Å². The van der Waals surface area contributed by atoms with Gasteiger partial charge in [0.2, 0.25) is 20.0 Å². The van der Waals surface area contributed by atoms with Crippen molar-refractivity contribution in [1.82, 2.24) is 4.13 Å². The van der Waals surface area contributed by atoms with E-state index in [0.717, 1.165) is 18.9 Å². The van der Waals surface area contributed by atoms with E-state index in [1.165, 1.54) is 0 Å². The highest BCUT2D eigenvalue weighted by atomic mass is 32.3. The second-order valence-corrected chi connectivity index (χ2v) is 6.77. The zero-order valence-corrected chi connectivity index (χ0v) is 10.3. The van der Waals surface area contributed by atoms with Gasteiger partial charge in [0, 0.05) is 4.13 Å². The molecule has 0 aliphatic rings. The summed E-state index contributed by atoms with van der Waals surface area (Å²) in [5.41, 5.74) is 0. The van der Waals surface area contributed by atoms with Crippen LogP contribution < -0.4 is 4.13 Å². The topological polar surface area (TPSA) is 82.4 Å². The quantitative estimate of drug-likeness (QED) is 0.470. The highest BCUT2D eigenvalue weighted by molar-refractivity contribution is 8.04. The van der Waals surface area contributed by atoms with Crippen LogP contribution in [-0.2, 0) is 20.0 Å². The molecule has 0 N–H and O–H groups in total. The second kappa shape index (κ2) is 6.24. The summed E-state index contributed by atoms with van der Waals surface area (Å²) in [6.07, 6.45) is 3.16. The third-order valence-corrected chi connectivity index (χ3v) is 4.84. The Bertz CT molecular complexity index is 383. The molecule has 0 unspecified atom stereocenters. The molecule has 0 saturated heterocycles. The van der Waals surface area contributed by atoms with Crippen LogP contribution in [0.25, 0.3) is 0 Å². The zero-order valence-electron chi connectivity index (χ0n) is 8.72. The molecule has 0 fully saturated rings. The normalized spacial score (nSPS) is 12.6. The van der Waals surface area contributed by atoms with Crippen LogP contribution in [0.4, 0.5) is 0 Å². The van der Waals surface area contributed by atoms with E-state index in [2.05, 4.69) is 10.7 Å². The maximum atomic E-state index is 11.2. The molecule has 0 bridgehead atoms. The van der Waals surface area contributed by atoms with Gasteiger partial charge in [-0.2, -0.15) is 0 Å². The molecule has 15 heavy (non-hydrogen) atoms. The first-order chi connectivity index (χ1) is 6.83. The van der Waals surface area contributed by atoms with Gasteiger partial charge < -0.3 is 0 Å². The molecule has 0 aromatic heterocycles. The Hall–Kier alpha value is -0.400. The molecule has 1 radical (unpaired) electrons. The van der Waals surface area contributed by atoms with Crippen molar-refractivity contribution in [2.45, 2.75) is 26.2 Å².